The number of rotatable bonds is 5. The lowest BCUT2D eigenvalue weighted by molar-refractivity contribution is -0.128. The Balaban J connectivity index is 1.90. The number of hydrogen-bond acceptors (Lipinski definition) is 2. The minimum atomic E-state index is -0.176. The van der Waals surface area contributed by atoms with Crippen molar-refractivity contribution in [1.82, 2.24) is 4.90 Å². The van der Waals surface area contributed by atoms with E-state index in [9.17, 15) is 4.79 Å². The van der Waals surface area contributed by atoms with Crippen LogP contribution in [-0.2, 0) is 4.79 Å². The number of amides is 1. The summed E-state index contributed by atoms with van der Waals surface area (Å²) in [5.41, 5.74) is 4.68. The molecule has 0 saturated heterocycles. The maximum atomic E-state index is 12.7. The van der Waals surface area contributed by atoms with Crippen LogP contribution in [0.5, 0.6) is 0 Å². The van der Waals surface area contributed by atoms with E-state index in [-0.39, 0.29) is 11.8 Å². The lowest BCUT2D eigenvalue weighted by Gasteiger charge is -2.23. The number of nitrogens with zero attached hydrogens (tertiary/aromatic N) is 1. The fourth-order valence-corrected chi connectivity index (χ4v) is 4.46. The first-order valence-electron chi connectivity index (χ1n) is 9.51. The van der Waals surface area contributed by atoms with Crippen molar-refractivity contribution in [2.75, 3.05) is 14.1 Å². The highest BCUT2D eigenvalue weighted by molar-refractivity contribution is 14.1. The van der Waals surface area contributed by atoms with Gasteiger partial charge in [0.2, 0.25) is 5.91 Å². The topological polar surface area (TPSA) is 33.5 Å². The van der Waals surface area contributed by atoms with Gasteiger partial charge in [0, 0.05) is 46.3 Å². The van der Waals surface area contributed by atoms with Crippen LogP contribution in [-0.4, -0.2) is 24.9 Å². The average Bonchev–Trinajstić information content (AvgIpc) is 3.10. The van der Waals surface area contributed by atoms with Crippen LogP contribution in [0.3, 0.4) is 0 Å². The second-order valence-electron chi connectivity index (χ2n) is 7.37. The predicted molar refractivity (Wildman–Crippen MR) is 128 cm³/mol. The second kappa shape index (κ2) is 8.03. The summed E-state index contributed by atoms with van der Waals surface area (Å²) in [6, 6.07) is 22.4. The molecule has 29 heavy (non-hydrogen) atoms. The molecule has 0 aliphatic heterocycles. The Morgan fingerprint density at radius 2 is 1.69 bits per heavy atom. The van der Waals surface area contributed by atoms with Gasteiger partial charge in [-0.3, -0.25) is 4.79 Å². The van der Waals surface area contributed by atoms with Crippen LogP contribution in [0.15, 0.2) is 77.7 Å². The van der Waals surface area contributed by atoms with Crippen molar-refractivity contribution in [2.45, 2.75) is 12.3 Å². The summed E-state index contributed by atoms with van der Waals surface area (Å²) in [5, 5.41) is 2.15. The molecular formula is C25H22INO2. The molecule has 146 valence electrons. The molecule has 4 rings (SSSR count). The van der Waals surface area contributed by atoms with Gasteiger partial charge in [0.05, 0.1) is 0 Å². The van der Waals surface area contributed by atoms with Gasteiger partial charge in [0.1, 0.15) is 11.2 Å². The third-order valence-electron chi connectivity index (χ3n) is 5.33. The summed E-state index contributed by atoms with van der Waals surface area (Å²) >= 11 is 2.33. The van der Waals surface area contributed by atoms with Crippen molar-refractivity contribution in [2.24, 2.45) is 0 Å². The van der Waals surface area contributed by atoms with E-state index < -0.39 is 0 Å². The fourth-order valence-electron chi connectivity index (χ4n) is 3.73. The zero-order chi connectivity index (χ0) is 20.5. The second-order valence-corrected chi connectivity index (χ2v) is 8.53. The van der Waals surface area contributed by atoms with Gasteiger partial charge in [-0.1, -0.05) is 61.2 Å². The van der Waals surface area contributed by atoms with Gasteiger partial charge in [0.25, 0.3) is 0 Å². The summed E-state index contributed by atoms with van der Waals surface area (Å²) in [5.74, 6) is -0.111. The zero-order valence-corrected chi connectivity index (χ0v) is 18.6. The number of hydrogen-bond donors (Lipinski definition) is 0. The van der Waals surface area contributed by atoms with Gasteiger partial charge in [-0.2, -0.15) is 0 Å². The zero-order valence-electron chi connectivity index (χ0n) is 16.5. The first kappa shape index (κ1) is 19.7. The van der Waals surface area contributed by atoms with Crippen LogP contribution >= 0.6 is 22.6 Å². The van der Waals surface area contributed by atoms with E-state index >= 15 is 0 Å². The average molecular weight is 495 g/mol. The van der Waals surface area contributed by atoms with Gasteiger partial charge in [0.15, 0.2) is 0 Å². The number of para-hydroxylation sites is 2. The molecule has 0 spiro atoms. The van der Waals surface area contributed by atoms with Crippen LogP contribution < -0.4 is 0 Å². The molecule has 1 atom stereocenters. The Labute approximate surface area is 184 Å². The Hall–Kier alpha value is -2.60. The molecule has 0 N–H and O–H groups in total. The molecule has 4 heteroatoms. The lowest BCUT2D eigenvalue weighted by atomic mass is 9.84. The molecule has 1 amide bonds. The minimum Gasteiger partial charge on any atom is -0.456 e. The minimum absolute atomic E-state index is 0.0650. The Kier molecular flexibility index (Phi) is 5.46. The first-order valence-corrected chi connectivity index (χ1v) is 10.6. The third-order valence-corrected chi connectivity index (χ3v) is 6.27. The predicted octanol–water partition coefficient (Wildman–Crippen LogP) is 6.47. The van der Waals surface area contributed by atoms with Gasteiger partial charge < -0.3 is 9.32 Å². The van der Waals surface area contributed by atoms with Gasteiger partial charge in [-0.15, -0.1) is 0 Å². The molecule has 0 fully saturated rings. The van der Waals surface area contributed by atoms with Gasteiger partial charge in [-0.25, -0.2) is 0 Å². The highest BCUT2D eigenvalue weighted by atomic mass is 127. The molecule has 0 bridgehead atoms. The molecule has 3 aromatic carbocycles. The van der Waals surface area contributed by atoms with Crippen molar-refractivity contribution >= 4 is 56.0 Å². The monoisotopic (exact) mass is 495 g/mol. The number of allylic oxidation sites excluding steroid dienone is 1. The van der Waals surface area contributed by atoms with Gasteiger partial charge in [-0.05, 0) is 45.9 Å². The smallest absolute Gasteiger partial charge is 0.223 e. The summed E-state index contributed by atoms with van der Waals surface area (Å²) in [4.78, 5) is 14.3. The Morgan fingerprint density at radius 3 is 2.45 bits per heavy atom. The van der Waals surface area contributed by atoms with E-state index in [4.69, 9.17) is 4.42 Å². The van der Waals surface area contributed by atoms with E-state index in [2.05, 4.69) is 59.5 Å². The van der Waals surface area contributed by atoms with E-state index in [0.29, 0.717) is 6.42 Å². The normalized spacial score (nSPS) is 12.2. The summed E-state index contributed by atoms with van der Waals surface area (Å²) in [6.45, 7) is 4.42. The number of fused-ring (bicyclic) bond motifs is 3. The van der Waals surface area contributed by atoms with Crippen LogP contribution in [0.25, 0.3) is 27.5 Å². The van der Waals surface area contributed by atoms with E-state index in [1.54, 1.807) is 19.0 Å². The molecule has 1 heterocycles. The number of benzene rings is 3. The maximum absolute atomic E-state index is 12.7. The Bertz CT molecular complexity index is 1220. The van der Waals surface area contributed by atoms with Gasteiger partial charge >= 0.3 is 0 Å². The van der Waals surface area contributed by atoms with E-state index in [1.165, 1.54) is 0 Å². The molecule has 0 aliphatic carbocycles. The Morgan fingerprint density at radius 1 is 1.00 bits per heavy atom. The van der Waals surface area contributed by atoms with Crippen molar-refractivity contribution in [3.05, 3.63) is 88.0 Å². The first-order chi connectivity index (χ1) is 14.0. The fraction of sp³-hybridized carbons (Fsp3) is 0.160. The van der Waals surface area contributed by atoms with Crippen molar-refractivity contribution < 1.29 is 9.21 Å². The maximum Gasteiger partial charge on any atom is 0.223 e. The molecule has 1 aromatic heterocycles. The van der Waals surface area contributed by atoms with Crippen molar-refractivity contribution in [3.8, 4) is 0 Å². The number of carbonyl (C=O) groups is 1. The summed E-state index contributed by atoms with van der Waals surface area (Å²) < 4.78 is 7.37. The highest BCUT2D eigenvalue weighted by Gasteiger charge is 2.26. The number of furan rings is 1. The third kappa shape index (κ3) is 3.69. The molecule has 3 nitrogen and oxygen atoms in total. The summed E-state index contributed by atoms with van der Waals surface area (Å²) in [6.07, 6.45) is 0.340. The standard InChI is InChI=1S/C25H22INO2/c1-16(17-9-4-6-13-22(17)26)21(15-24(28)27(2)3)20-12-8-11-19-18-10-5-7-14-23(18)29-25(19)20/h4-14,21H,1,15H2,2-3H3. The molecule has 0 saturated carbocycles. The molecule has 0 radical (unpaired) electrons. The molecular weight excluding hydrogens is 473 g/mol. The molecule has 4 aromatic rings. The van der Waals surface area contributed by atoms with Crippen molar-refractivity contribution in [3.63, 3.8) is 0 Å². The van der Waals surface area contributed by atoms with Crippen molar-refractivity contribution in [1.29, 1.82) is 0 Å². The number of carbonyl (C=O) groups excluding carboxylic acids is 1. The summed E-state index contributed by atoms with van der Waals surface area (Å²) in [7, 11) is 3.58. The highest BCUT2D eigenvalue weighted by Crippen LogP contribution is 2.41. The SMILES string of the molecule is C=C(c1ccccc1I)C(CC(=O)N(C)C)c1cccc2c1oc1ccccc12. The molecule has 1 unspecified atom stereocenters. The van der Waals surface area contributed by atoms with Crippen LogP contribution in [0.4, 0.5) is 0 Å². The number of halogens is 1. The lowest BCUT2D eigenvalue weighted by Crippen LogP contribution is -2.24. The molecule has 0 aliphatic rings. The van der Waals surface area contributed by atoms with E-state index in [1.807, 2.05) is 36.4 Å². The van der Waals surface area contributed by atoms with Crippen LogP contribution in [0.2, 0.25) is 0 Å². The van der Waals surface area contributed by atoms with Crippen LogP contribution in [0.1, 0.15) is 23.5 Å². The quantitative estimate of drug-likeness (QED) is 0.298. The largest absolute Gasteiger partial charge is 0.456 e. The van der Waals surface area contributed by atoms with Crippen LogP contribution in [0, 0.1) is 3.57 Å². The van der Waals surface area contributed by atoms with E-state index in [0.717, 1.165) is 42.2 Å².